The fourth-order valence-corrected chi connectivity index (χ4v) is 3.73. The van der Waals surface area contributed by atoms with E-state index in [0.717, 1.165) is 25.0 Å². The van der Waals surface area contributed by atoms with Crippen LogP contribution in [0.5, 0.6) is 0 Å². The lowest BCUT2D eigenvalue weighted by atomic mass is 9.88. The van der Waals surface area contributed by atoms with E-state index in [9.17, 15) is 9.59 Å². The molecule has 5 heteroatoms. The third-order valence-electron chi connectivity index (χ3n) is 3.35. The molecule has 0 fully saturated rings. The number of thiazole rings is 1. The number of carbonyl (C=O) groups excluding carboxylic acids is 1. The molecule has 0 saturated heterocycles. The summed E-state index contributed by atoms with van der Waals surface area (Å²) in [4.78, 5) is 23.9. The first-order valence-corrected chi connectivity index (χ1v) is 6.93. The summed E-state index contributed by atoms with van der Waals surface area (Å²) in [6, 6.07) is 0. The van der Waals surface area contributed by atoms with Gasteiger partial charge in [-0.1, -0.05) is 31.1 Å². The van der Waals surface area contributed by atoms with Crippen LogP contribution in [0.25, 0.3) is 0 Å². The molecule has 1 aromatic heterocycles. The van der Waals surface area contributed by atoms with Gasteiger partial charge in [0.05, 0.1) is 0 Å². The van der Waals surface area contributed by atoms with E-state index in [0.29, 0.717) is 5.92 Å². The van der Waals surface area contributed by atoms with Crippen molar-refractivity contribution in [3.05, 3.63) is 20.2 Å². The van der Waals surface area contributed by atoms with Crippen molar-refractivity contribution in [3.8, 4) is 0 Å². The Labute approximate surface area is 104 Å². The number of hydrogen-bond acceptors (Lipinski definition) is 3. The highest BCUT2D eigenvalue weighted by molar-refractivity contribution is 7.09. The van der Waals surface area contributed by atoms with Crippen LogP contribution in [0, 0.1) is 5.92 Å². The Morgan fingerprint density at radius 1 is 1.59 bits per heavy atom. The van der Waals surface area contributed by atoms with Gasteiger partial charge in [0.25, 0.3) is 0 Å². The van der Waals surface area contributed by atoms with Gasteiger partial charge in [0.2, 0.25) is 5.91 Å². The molecular formula is C12H18N2O2S. The summed E-state index contributed by atoms with van der Waals surface area (Å²) in [5.74, 6) is 0.260. The summed E-state index contributed by atoms with van der Waals surface area (Å²) in [6.45, 7) is 2.22. The Morgan fingerprint density at radius 3 is 3.00 bits per heavy atom. The number of nitrogens with zero attached hydrogens (tertiary/aromatic N) is 1. The molecule has 1 aliphatic carbocycles. The van der Waals surface area contributed by atoms with E-state index in [-0.39, 0.29) is 11.4 Å². The Balaban J connectivity index is 2.24. The van der Waals surface area contributed by atoms with Crippen molar-refractivity contribution in [1.82, 2.24) is 4.57 Å². The molecule has 4 nitrogen and oxygen atoms in total. The molecule has 0 saturated carbocycles. The van der Waals surface area contributed by atoms with Gasteiger partial charge in [0.1, 0.15) is 6.54 Å². The molecule has 94 valence electrons. The zero-order chi connectivity index (χ0) is 12.4. The molecule has 0 unspecified atom stereocenters. The van der Waals surface area contributed by atoms with Crippen molar-refractivity contribution in [3.63, 3.8) is 0 Å². The van der Waals surface area contributed by atoms with Gasteiger partial charge in [-0.2, -0.15) is 0 Å². The first-order chi connectivity index (χ1) is 8.11. The monoisotopic (exact) mass is 254 g/mol. The van der Waals surface area contributed by atoms with Crippen molar-refractivity contribution in [2.75, 3.05) is 0 Å². The largest absolute Gasteiger partial charge is 0.368 e. The third-order valence-corrected chi connectivity index (χ3v) is 4.40. The van der Waals surface area contributed by atoms with Crippen LogP contribution in [0.15, 0.2) is 4.79 Å². The van der Waals surface area contributed by atoms with E-state index in [2.05, 4.69) is 6.92 Å². The van der Waals surface area contributed by atoms with Crippen LogP contribution >= 0.6 is 11.3 Å². The minimum atomic E-state index is -0.441. The minimum Gasteiger partial charge on any atom is -0.368 e. The highest BCUT2D eigenvalue weighted by Crippen LogP contribution is 2.29. The minimum absolute atomic E-state index is 0.0309. The molecule has 2 rings (SSSR count). The third kappa shape index (κ3) is 2.60. The topological polar surface area (TPSA) is 65.1 Å². The van der Waals surface area contributed by atoms with Crippen LogP contribution in [0.2, 0.25) is 0 Å². The SMILES string of the molecule is CCC[C@@H]1CCc2c(sc(=O)n2CC(N)=O)C1. The van der Waals surface area contributed by atoms with Crippen LogP contribution in [0.3, 0.4) is 0 Å². The van der Waals surface area contributed by atoms with Gasteiger partial charge in [0, 0.05) is 10.6 Å². The van der Waals surface area contributed by atoms with Crippen LogP contribution in [0.4, 0.5) is 0 Å². The lowest BCUT2D eigenvalue weighted by Gasteiger charge is -2.22. The maximum atomic E-state index is 11.8. The van der Waals surface area contributed by atoms with E-state index in [1.54, 1.807) is 4.57 Å². The number of carbonyl (C=O) groups is 1. The van der Waals surface area contributed by atoms with Crippen molar-refractivity contribution < 1.29 is 4.79 Å². The average Bonchev–Trinajstić information content (AvgIpc) is 2.55. The molecule has 0 spiro atoms. The maximum absolute atomic E-state index is 11.8. The highest BCUT2D eigenvalue weighted by Gasteiger charge is 2.24. The van der Waals surface area contributed by atoms with Gasteiger partial charge < -0.3 is 5.73 Å². The summed E-state index contributed by atoms with van der Waals surface area (Å²) in [5, 5.41) is 0. The number of fused-ring (bicyclic) bond motifs is 1. The quantitative estimate of drug-likeness (QED) is 0.880. The van der Waals surface area contributed by atoms with Gasteiger partial charge >= 0.3 is 4.87 Å². The number of amides is 1. The second-order valence-electron chi connectivity index (χ2n) is 4.69. The normalized spacial score (nSPS) is 19.0. The highest BCUT2D eigenvalue weighted by atomic mass is 32.1. The van der Waals surface area contributed by atoms with Crippen molar-refractivity contribution in [1.29, 1.82) is 0 Å². The number of primary amides is 1. The molecule has 1 aromatic rings. The molecule has 0 aliphatic heterocycles. The Hall–Kier alpha value is -1.10. The van der Waals surface area contributed by atoms with E-state index >= 15 is 0 Å². The zero-order valence-electron chi connectivity index (χ0n) is 10.1. The Bertz CT molecular complexity index is 475. The first-order valence-electron chi connectivity index (χ1n) is 6.11. The molecule has 0 radical (unpaired) electrons. The van der Waals surface area contributed by atoms with E-state index in [4.69, 9.17) is 5.73 Å². The van der Waals surface area contributed by atoms with E-state index in [1.807, 2.05) is 0 Å². The summed E-state index contributed by atoms with van der Waals surface area (Å²) in [7, 11) is 0. The molecule has 2 N–H and O–H groups in total. The number of nitrogens with two attached hydrogens (primary N) is 1. The van der Waals surface area contributed by atoms with Gasteiger partial charge in [-0.25, -0.2) is 0 Å². The maximum Gasteiger partial charge on any atom is 0.308 e. The first kappa shape index (κ1) is 12.4. The van der Waals surface area contributed by atoms with Gasteiger partial charge in [-0.3, -0.25) is 14.2 Å². The fourth-order valence-electron chi connectivity index (χ4n) is 2.59. The molecule has 17 heavy (non-hydrogen) atoms. The smallest absolute Gasteiger partial charge is 0.308 e. The van der Waals surface area contributed by atoms with Gasteiger partial charge in [0.15, 0.2) is 0 Å². The zero-order valence-corrected chi connectivity index (χ0v) is 10.9. The Morgan fingerprint density at radius 2 is 2.35 bits per heavy atom. The molecule has 1 amide bonds. The Kier molecular flexibility index (Phi) is 3.66. The fraction of sp³-hybridized carbons (Fsp3) is 0.667. The summed E-state index contributed by atoms with van der Waals surface area (Å²) in [6.07, 6.45) is 5.44. The number of aromatic nitrogens is 1. The number of hydrogen-bond donors (Lipinski definition) is 1. The second kappa shape index (κ2) is 5.04. The van der Waals surface area contributed by atoms with Crippen molar-refractivity contribution >= 4 is 17.2 Å². The molecule has 1 heterocycles. The molecule has 0 bridgehead atoms. The summed E-state index contributed by atoms with van der Waals surface area (Å²) in [5.41, 5.74) is 6.21. The van der Waals surface area contributed by atoms with Crippen LogP contribution in [0.1, 0.15) is 36.8 Å². The molecule has 1 atom stereocenters. The van der Waals surface area contributed by atoms with Crippen molar-refractivity contribution in [2.45, 2.75) is 45.6 Å². The predicted octanol–water partition coefficient (Wildman–Crippen LogP) is 1.30. The molecule has 0 aromatic carbocycles. The van der Waals surface area contributed by atoms with Crippen LogP contribution < -0.4 is 10.6 Å². The van der Waals surface area contributed by atoms with Gasteiger partial charge in [-0.05, 0) is 25.2 Å². The van der Waals surface area contributed by atoms with Crippen molar-refractivity contribution in [2.24, 2.45) is 11.7 Å². The van der Waals surface area contributed by atoms with E-state index < -0.39 is 5.91 Å². The lowest BCUT2D eigenvalue weighted by Crippen LogP contribution is -2.27. The summed E-state index contributed by atoms with van der Waals surface area (Å²) < 4.78 is 1.56. The van der Waals surface area contributed by atoms with Crippen LogP contribution in [-0.4, -0.2) is 10.5 Å². The van der Waals surface area contributed by atoms with Gasteiger partial charge in [-0.15, -0.1) is 0 Å². The molecular weight excluding hydrogens is 236 g/mol. The molecule has 1 aliphatic rings. The second-order valence-corrected chi connectivity index (χ2v) is 5.73. The lowest BCUT2D eigenvalue weighted by molar-refractivity contribution is -0.118. The standard InChI is InChI=1S/C12H18N2O2S/c1-2-3-8-4-5-9-10(6-8)17-12(16)14(9)7-11(13)15/h8H,2-7H2,1H3,(H2,13,15)/t8-/m1/s1. The predicted molar refractivity (Wildman–Crippen MR) is 68.2 cm³/mol. The average molecular weight is 254 g/mol. The summed E-state index contributed by atoms with van der Waals surface area (Å²) >= 11 is 1.29. The number of rotatable bonds is 4. The van der Waals surface area contributed by atoms with E-state index in [1.165, 1.54) is 29.1 Å². The van der Waals surface area contributed by atoms with Crippen LogP contribution in [-0.2, 0) is 24.2 Å².